The Kier molecular flexibility index (Phi) is 3.01. The molecule has 7 heteroatoms. The van der Waals surface area contributed by atoms with E-state index in [1.54, 1.807) is 0 Å². The van der Waals surface area contributed by atoms with Gasteiger partial charge in [0, 0.05) is 0 Å². The number of para-hydroxylation sites is 1. The summed E-state index contributed by atoms with van der Waals surface area (Å²) >= 11 is 0. The van der Waals surface area contributed by atoms with E-state index in [1.807, 2.05) is 0 Å². The molecular weight excluding hydrogens is 302 g/mol. The van der Waals surface area contributed by atoms with E-state index in [2.05, 4.69) is 0 Å². The Labute approximate surface area is 121 Å². The fourth-order valence-corrected chi connectivity index (χ4v) is 2.30. The molecule has 3 rings (SSSR count). The average Bonchev–Trinajstić information content (AvgIpc) is 2.71. The zero-order chi connectivity index (χ0) is 16.1. The molecule has 0 amide bonds. The average molecular weight is 309 g/mol. The number of alkyl halides is 3. The first-order valence-corrected chi connectivity index (χ1v) is 6.16. The molecule has 0 spiro atoms. The molecular formula is C15H7F4NO2. The fraction of sp³-hybridized carbons (Fsp3) is 0.0667. The lowest BCUT2D eigenvalue weighted by Crippen LogP contribution is -2.17. The van der Waals surface area contributed by atoms with Crippen LogP contribution in [0.2, 0.25) is 0 Å². The zero-order valence-electron chi connectivity index (χ0n) is 10.8. The van der Waals surface area contributed by atoms with Gasteiger partial charge in [-0.15, -0.1) is 0 Å². The summed E-state index contributed by atoms with van der Waals surface area (Å²) in [7, 11) is 0. The lowest BCUT2D eigenvalue weighted by molar-refractivity contribution is -0.358. The summed E-state index contributed by atoms with van der Waals surface area (Å²) in [5, 5.41) is 12.1. The number of hydrogen-bond acceptors (Lipinski definition) is 2. The molecule has 0 aromatic heterocycles. The van der Waals surface area contributed by atoms with Crippen LogP contribution in [0.3, 0.4) is 0 Å². The minimum Gasteiger partial charge on any atom is -0.618 e. The highest BCUT2D eigenvalue weighted by Crippen LogP contribution is 2.32. The second-order valence-electron chi connectivity index (χ2n) is 4.68. The Bertz CT molecular complexity index is 807. The van der Waals surface area contributed by atoms with E-state index >= 15 is 0 Å². The molecule has 0 bridgehead atoms. The van der Waals surface area contributed by atoms with Crippen molar-refractivity contribution >= 4 is 17.2 Å². The predicted octanol–water partition coefficient (Wildman–Crippen LogP) is 3.67. The topological polar surface area (TPSA) is 43.1 Å². The van der Waals surface area contributed by atoms with Crippen LogP contribution in [0.4, 0.5) is 23.2 Å². The molecule has 112 valence electrons. The molecule has 1 aliphatic rings. The van der Waals surface area contributed by atoms with Crippen LogP contribution in [0.15, 0.2) is 42.5 Å². The molecule has 0 unspecified atom stereocenters. The van der Waals surface area contributed by atoms with Crippen LogP contribution in [-0.4, -0.2) is 16.2 Å². The molecule has 0 saturated carbocycles. The fourth-order valence-electron chi connectivity index (χ4n) is 2.30. The SMILES string of the molecule is O=C1C(c2ccc(C(F)(F)F)cc2)=[N+]([O-])c2c(F)cccc21. The summed E-state index contributed by atoms with van der Waals surface area (Å²) in [5.74, 6) is -1.58. The molecule has 1 heterocycles. The van der Waals surface area contributed by atoms with Crippen molar-refractivity contribution in [1.29, 1.82) is 0 Å². The van der Waals surface area contributed by atoms with E-state index in [0.717, 1.165) is 30.3 Å². The van der Waals surface area contributed by atoms with Crippen molar-refractivity contribution in [3.05, 3.63) is 70.2 Å². The predicted molar refractivity (Wildman–Crippen MR) is 69.6 cm³/mol. The molecule has 0 radical (unpaired) electrons. The van der Waals surface area contributed by atoms with E-state index in [4.69, 9.17) is 0 Å². The maximum absolute atomic E-state index is 13.7. The molecule has 1 aliphatic heterocycles. The molecule has 0 aliphatic carbocycles. The first kappa shape index (κ1) is 14.2. The van der Waals surface area contributed by atoms with Crippen LogP contribution >= 0.6 is 0 Å². The molecule has 0 N–H and O–H groups in total. The normalized spacial score (nSPS) is 14.5. The van der Waals surface area contributed by atoms with Gasteiger partial charge in [0.15, 0.2) is 5.82 Å². The lowest BCUT2D eigenvalue weighted by Gasteiger charge is -2.07. The monoisotopic (exact) mass is 309 g/mol. The number of halogens is 4. The third-order valence-electron chi connectivity index (χ3n) is 3.34. The second kappa shape index (κ2) is 4.66. The molecule has 3 nitrogen and oxygen atoms in total. The standard InChI is InChI=1S/C15H7F4NO2/c16-11-3-1-2-10-13(11)20(22)12(14(10)21)8-4-6-9(7-5-8)15(17,18)19/h1-7H. The van der Waals surface area contributed by atoms with E-state index < -0.39 is 34.7 Å². The van der Waals surface area contributed by atoms with Gasteiger partial charge in [0.2, 0.25) is 0 Å². The van der Waals surface area contributed by atoms with E-state index in [9.17, 15) is 27.6 Å². The highest BCUT2D eigenvalue weighted by atomic mass is 19.4. The van der Waals surface area contributed by atoms with Crippen LogP contribution in [0.1, 0.15) is 21.5 Å². The van der Waals surface area contributed by atoms with Crippen molar-refractivity contribution in [1.82, 2.24) is 0 Å². The molecule has 2 aromatic rings. The molecule has 0 fully saturated rings. The second-order valence-corrected chi connectivity index (χ2v) is 4.68. The number of carbonyl (C=O) groups is 1. The number of benzene rings is 2. The summed E-state index contributed by atoms with van der Waals surface area (Å²) in [6, 6.07) is 7.19. The number of rotatable bonds is 1. The first-order valence-electron chi connectivity index (χ1n) is 6.16. The summed E-state index contributed by atoms with van der Waals surface area (Å²) in [6.45, 7) is 0. The number of hydrogen-bond donors (Lipinski definition) is 0. The maximum atomic E-state index is 13.7. The van der Waals surface area contributed by atoms with Crippen LogP contribution in [0, 0.1) is 11.0 Å². The summed E-state index contributed by atoms with van der Waals surface area (Å²) in [4.78, 5) is 12.2. The van der Waals surface area contributed by atoms with E-state index in [1.165, 1.54) is 12.1 Å². The van der Waals surface area contributed by atoms with Gasteiger partial charge in [-0.05, 0) is 36.4 Å². The number of carbonyl (C=O) groups excluding carboxylic acids is 1. The minimum absolute atomic E-state index is 0.00333. The van der Waals surface area contributed by atoms with Crippen LogP contribution in [0.25, 0.3) is 0 Å². The van der Waals surface area contributed by atoms with Crippen molar-refractivity contribution in [2.24, 2.45) is 0 Å². The third kappa shape index (κ3) is 2.05. The zero-order valence-corrected chi connectivity index (χ0v) is 10.8. The van der Waals surface area contributed by atoms with E-state index in [-0.39, 0.29) is 15.9 Å². The van der Waals surface area contributed by atoms with Gasteiger partial charge in [0.05, 0.1) is 11.1 Å². The van der Waals surface area contributed by atoms with Crippen molar-refractivity contribution in [3.8, 4) is 0 Å². The van der Waals surface area contributed by atoms with Crippen LogP contribution < -0.4 is 0 Å². The van der Waals surface area contributed by atoms with Crippen molar-refractivity contribution in [2.75, 3.05) is 0 Å². The lowest BCUT2D eigenvalue weighted by atomic mass is 10.0. The highest BCUT2D eigenvalue weighted by Gasteiger charge is 2.39. The van der Waals surface area contributed by atoms with Gasteiger partial charge in [0.1, 0.15) is 5.56 Å². The van der Waals surface area contributed by atoms with Gasteiger partial charge in [-0.25, -0.2) is 0 Å². The van der Waals surface area contributed by atoms with Gasteiger partial charge < -0.3 is 5.21 Å². The largest absolute Gasteiger partial charge is 0.618 e. The molecule has 0 atom stereocenters. The Morgan fingerprint density at radius 3 is 2.18 bits per heavy atom. The smallest absolute Gasteiger partial charge is 0.416 e. The Morgan fingerprint density at radius 2 is 1.64 bits per heavy atom. The molecule has 22 heavy (non-hydrogen) atoms. The molecule has 0 saturated heterocycles. The minimum atomic E-state index is -4.52. The number of fused-ring (bicyclic) bond motifs is 1. The highest BCUT2D eigenvalue weighted by molar-refractivity contribution is 6.52. The van der Waals surface area contributed by atoms with Gasteiger partial charge in [-0.1, -0.05) is 6.07 Å². The van der Waals surface area contributed by atoms with Gasteiger partial charge >= 0.3 is 6.18 Å². The van der Waals surface area contributed by atoms with Crippen LogP contribution in [0.5, 0.6) is 0 Å². The summed E-state index contributed by atoms with van der Waals surface area (Å²) in [5.41, 5.74) is -1.81. The van der Waals surface area contributed by atoms with Gasteiger partial charge in [-0.2, -0.15) is 22.3 Å². The Balaban J connectivity index is 2.10. The third-order valence-corrected chi connectivity index (χ3v) is 3.34. The van der Waals surface area contributed by atoms with Crippen LogP contribution in [-0.2, 0) is 6.18 Å². The molecule has 2 aromatic carbocycles. The number of ketones is 1. The van der Waals surface area contributed by atoms with Crippen molar-refractivity contribution < 1.29 is 27.1 Å². The van der Waals surface area contributed by atoms with Gasteiger partial charge in [0.25, 0.3) is 17.2 Å². The maximum Gasteiger partial charge on any atom is 0.416 e. The first-order chi connectivity index (χ1) is 10.3. The van der Waals surface area contributed by atoms with Crippen molar-refractivity contribution in [3.63, 3.8) is 0 Å². The summed E-state index contributed by atoms with van der Waals surface area (Å²) in [6.07, 6.45) is -4.52. The van der Waals surface area contributed by atoms with Gasteiger partial charge in [-0.3, -0.25) is 4.79 Å². The summed E-state index contributed by atoms with van der Waals surface area (Å²) < 4.78 is 51.4. The Morgan fingerprint density at radius 1 is 1.00 bits per heavy atom. The van der Waals surface area contributed by atoms with E-state index in [0.29, 0.717) is 0 Å². The quantitative estimate of drug-likeness (QED) is 0.458. The Hall–Kier alpha value is -2.70. The van der Waals surface area contributed by atoms with Crippen molar-refractivity contribution in [2.45, 2.75) is 6.18 Å². The number of Topliss-reactive ketones (excluding diaryl/α,β-unsaturated/α-hetero) is 1. The number of nitrogens with zero attached hydrogens (tertiary/aromatic N) is 1.